The molecule has 0 saturated heterocycles. The highest BCUT2D eigenvalue weighted by Gasteiger charge is 2.67. The summed E-state index contributed by atoms with van der Waals surface area (Å²) in [5.74, 6) is -3.26. The second-order valence-electron chi connectivity index (χ2n) is 7.74. The molecule has 0 aliphatic heterocycles. The minimum Gasteiger partial charge on any atom is -0.326 e. The van der Waals surface area contributed by atoms with E-state index in [1.165, 1.54) is 54.6 Å². The van der Waals surface area contributed by atoms with E-state index in [0.29, 0.717) is 16.8 Å². The largest absolute Gasteiger partial charge is 0.326 e. The van der Waals surface area contributed by atoms with Crippen LogP contribution in [0.25, 0.3) is 0 Å². The number of alkyl halides is 2. The van der Waals surface area contributed by atoms with Crippen molar-refractivity contribution in [2.24, 2.45) is 5.92 Å². The summed E-state index contributed by atoms with van der Waals surface area (Å²) < 4.78 is 25.4. The minimum absolute atomic E-state index is 0.00883. The monoisotopic (exact) mass is 527 g/mol. The molecule has 1 fully saturated rings. The molecule has 0 heterocycles. The second-order valence-corrected chi connectivity index (χ2v) is 10.0. The zero-order chi connectivity index (χ0) is 23.9. The molecule has 1 aliphatic carbocycles. The molecule has 4 rings (SSSR count). The van der Waals surface area contributed by atoms with E-state index in [9.17, 15) is 18.4 Å². The van der Waals surface area contributed by atoms with Gasteiger partial charge < -0.3 is 5.32 Å². The number of hydrogen-bond acceptors (Lipinski definition) is 2. The summed E-state index contributed by atoms with van der Waals surface area (Å²) in [6.45, 7) is 0. The van der Waals surface area contributed by atoms with Crippen LogP contribution in [-0.2, 0) is 11.2 Å². The van der Waals surface area contributed by atoms with E-state index in [0.717, 1.165) is 6.07 Å². The van der Waals surface area contributed by atoms with Gasteiger partial charge in [-0.2, -0.15) is 0 Å². The Morgan fingerprint density at radius 1 is 0.909 bits per heavy atom. The van der Waals surface area contributed by atoms with Gasteiger partial charge in [-0.15, -0.1) is 23.2 Å². The van der Waals surface area contributed by atoms with Crippen LogP contribution < -0.4 is 5.32 Å². The van der Waals surface area contributed by atoms with Crippen LogP contribution in [0.4, 0.5) is 14.5 Å². The summed E-state index contributed by atoms with van der Waals surface area (Å²) in [4.78, 5) is 25.6. The van der Waals surface area contributed by atoms with Crippen molar-refractivity contribution in [2.45, 2.75) is 16.7 Å². The predicted molar refractivity (Wildman–Crippen MR) is 127 cm³/mol. The molecule has 1 amide bonds. The Morgan fingerprint density at radius 3 is 2.27 bits per heavy atom. The molecule has 33 heavy (non-hydrogen) atoms. The highest BCUT2D eigenvalue weighted by Crippen LogP contribution is 2.65. The molecular weight excluding hydrogens is 514 g/mol. The van der Waals surface area contributed by atoms with E-state index < -0.39 is 33.7 Å². The smallest absolute Gasteiger partial charge is 0.231 e. The van der Waals surface area contributed by atoms with Crippen LogP contribution in [-0.4, -0.2) is 16.0 Å². The van der Waals surface area contributed by atoms with E-state index in [1.54, 1.807) is 0 Å². The summed E-state index contributed by atoms with van der Waals surface area (Å²) in [7, 11) is 0. The van der Waals surface area contributed by atoms with Crippen molar-refractivity contribution in [3.05, 3.63) is 99.0 Å². The molecule has 3 aromatic carbocycles. The molecule has 0 spiro atoms. The maximum absolute atomic E-state index is 13.7. The van der Waals surface area contributed by atoms with Crippen LogP contribution in [0, 0.1) is 17.6 Å². The molecule has 0 bridgehead atoms. The van der Waals surface area contributed by atoms with Crippen molar-refractivity contribution in [2.75, 3.05) is 5.32 Å². The Labute approximate surface area is 208 Å². The second kappa shape index (κ2) is 9.22. The first-order valence-electron chi connectivity index (χ1n) is 9.78. The van der Waals surface area contributed by atoms with Gasteiger partial charge in [0.05, 0.1) is 10.9 Å². The summed E-state index contributed by atoms with van der Waals surface area (Å²) in [5, 5.41) is 3.07. The quantitative estimate of drug-likeness (QED) is 0.271. The summed E-state index contributed by atoms with van der Waals surface area (Å²) in [5.41, 5.74) is 1.55. The first-order chi connectivity index (χ1) is 15.6. The van der Waals surface area contributed by atoms with Crippen LogP contribution in [0.1, 0.15) is 27.4 Å². The molecule has 0 radical (unpaired) electrons. The lowest BCUT2D eigenvalue weighted by Gasteiger charge is -2.09. The Morgan fingerprint density at radius 2 is 1.61 bits per heavy atom. The molecule has 1 N–H and O–H groups in total. The van der Waals surface area contributed by atoms with Gasteiger partial charge in [0.15, 0.2) is 5.78 Å². The standard InChI is InChI=1S/C24H15Cl4F2NO2/c25-14-8-13(9-16(30)10-14)21-22(24(21,27)28)23(33)31-17-5-6-19(26)18(11-17)20(32)7-12-1-3-15(29)4-2-12/h1-6,8-11,21-22H,7H2,(H,31,33). The Bertz CT molecular complexity index is 1230. The van der Waals surface area contributed by atoms with Gasteiger partial charge in [-0.05, 0) is 59.7 Å². The molecule has 9 heteroatoms. The predicted octanol–water partition coefficient (Wildman–Crippen LogP) is 7.22. The number of carbonyl (C=O) groups excluding carboxylic acids is 2. The number of ketones is 1. The molecular formula is C24H15Cl4F2NO2. The summed E-state index contributed by atoms with van der Waals surface area (Å²) >= 11 is 24.7. The molecule has 2 atom stereocenters. The highest BCUT2D eigenvalue weighted by atomic mass is 35.5. The lowest BCUT2D eigenvalue weighted by molar-refractivity contribution is -0.117. The maximum atomic E-state index is 13.7. The van der Waals surface area contributed by atoms with E-state index >= 15 is 0 Å². The van der Waals surface area contributed by atoms with Crippen LogP contribution in [0.2, 0.25) is 10.0 Å². The van der Waals surface area contributed by atoms with Crippen LogP contribution in [0.15, 0.2) is 60.7 Å². The third kappa shape index (κ3) is 5.17. The number of hydrogen-bond donors (Lipinski definition) is 1. The van der Waals surface area contributed by atoms with Crippen LogP contribution >= 0.6 is 46.4 Å². The van der Waals surface area contributed by atoms with Crippen molar-refractivity contribution < 1.29 is 18.4 Å². The number of halogens is 6. The Kier molecular flexibility index (Phi) is 6.70. The molecule has 0 aromatic heterocycles. The Balaban J connectivity index is 1.50. The van der Waals surface area contributed by atoms with Gasteiger partial charge in [0.25, 0.3) is 0 Å². The molecule has 1 aliphatic rings. The lowest BCUT2D eigenvalue weighted by atomic mass is 10.0. The van der Waals surface area contributed by atoms with Gasteiger partial charge in [-0.25, -0.2) is 8.78 Å². The minimum atomic E-state index is -1.44. The fourth-order valence-corrected chi connectivity index (χ4v) is 5.02. The zero-order valence-electron chi connectivity index (χ0n) is 16.7. The number of amides is 1. The van der Waals surface area contributed by atoms with Crippen molar-refractivity contribution in [3.63, 3.8) is 0 Å². The van der Waals surface area contributed by atoms with Crippen molar-refractivity contribution in [3.8, 4) is 0 Å². The van der Waals surface area contributed by atoms with E-state index in [2.05, 4.69) is 5.32 Å². The number of rotatable bonds is 6. The molecule has 1 saturated carbocycles. The third-order valence-corrected chi connectivity index (χ3v) is 6.88. The van der Waals surface area contributed by atoms with Gasteiger partial charge >= 0.3 is 0 Å². The number of nitrogens with one attached hydrogen (secondary N) is 1. The fourth-order valence-electron chi connectivity index (χ4n) is 3.74. The average Bonchev–Trinajstić information content (AvgIpc) is 3.32. The van der Waals surface area contributed by atoms with Crippen LogP contribution in [0.3, 0.4) is 0 Å². The van der Waals surface area contributed by atoms with Gasteiger partial charge in [0, 0.05) is 28.6 Å². The number of Topliss-reactive ketones (excluding diaryl/α,β-unsaturated/α-hetero) is 1. The molecule has 3 aromatic rings. The molecule has 2 unspecified atom stereocenters. The van der Waals surface area contributed by atoms with Crippen LogP contribution in [0.5, 0.6) is 0 Å². The lowest BCUT2D eigenvalue weighted by Crippen LogP contribution is -2.17. The average molecular weight is 529 g/mol. The van der Waals surface area contributed by atoms with Crippen molar-refractivity contribution in [1.82, 2.24) is 0 Å². The maximum Gasteiger partial charge on any atom is 0.231 e. The van der Waals surface area contributed by atoms with Crippen molar-refractivity contribution >= 4 is 63.8 Å². The first kappa shape index (κ1) is 24.0. The molecule has 170 valence electrons. The van der Waals surface area contributed by atoms with Gasteiger partial charge in [0.2, 0.25) is 5.91 Å². The number of anilines is 1. The van der Waals surface area contributed by atoms with Crippen molar-refractivity contribution in [1.29, 1.82) is 0 Å². The van der Waals surface area contributed by atoms with Gasteiger partial charge in [-0.3, -0.25) is 9.59 Å². The fraction of sp³-hybridized carbons (Fsp3) is 0.167. The van der Waals surface area contributed by atoms with E-state index in [-0.39, 0.29) is 27.8 Å². The normalized spacial score (nSPS) is 18.6. The SMILES string of the molecule is O=C(Cc1ccc(F)cc1)c1cc(NC(=O)C2C(c3cc(F)cc(Cl)c3)C2(Cl)Cl)ccc1Cl. The zero-order valence-corrected chi connectivity index (χ0v) is 19.7. The highest BCUT2D eigenvalue weighted by molar-refractivity contribution is 6.53. The van der Waals surface area contributed by atoms with Gasteiger partial charge in [0.1, 0.15) is 16.0 Å². The third-order valence-electron chi connectivity index (χ3n) is 5.39. The summed E-state index contributed by atoms with van der Waals surface area (Å²) in [6, 6.07) is 13.9. The summed E-state index contributed by atoms with van der Waals surface area (Å²) in [6.07, 6.45) is 0.00883. The molecule has 3 nitrogen and oxygen atoms in total. The van der Waals surface area contributed by atoms with Gasteiger partial charge in [-0.1, -0.05) is 35.3 Å². The van der Waals surface area contributed by atoms with E-state index in [1.807, 2.05) is 0 Å². The van der Waals surface area contributed by atoms with E-state index in [4.69, 9.17) is 46.4 Å². The number of carbonyl (C=O) groups is 2. The topological polar surface area (TPSA) is 46.2 Å². The first-order valence-corrected chi connectivity index (χ1v) is 11.3. The Hall–Kier alpha value is -2.18. The number of benzene rings is 3.